The second-order valence-electron chi connectivity index (χ2n) is 6.28. The molecular formula is C17H23N3O3S. The molecule has 2 N–H and O–H groups in total. The maximum absolute atomic E-state index is 12.3. The maximum Gasteiger partial charge on any atom is 0.317 e. The van der Waals surface area contributed by atoms with Crippen molar-refractivity contribution >= 4 is 17.4 Å². The van der Waals surface area contributed by atoms with Gasteiger partial charge in [0.15, 0.2) is 0 Å². The van der Waals surface area contributed by atoms with Gasteiger partial charge >= 0.3 is 6.03 Å². The Kier molecular flexibility index (Phi) is 5.20. The van der Waals surface area contributed by atoms with Gasteiger partial charge in [-0.15, -0.1) is 11.3 Å². The first-order chi connectivity index (χ1) is 11.7. The van der Waals surface area contributed by atoms with E-state index in [1.807, 2.05) is 22.4 Å². The molecule has 130 valence electrons. The van der Waals surface area contributed by atoms with Crippen molar-refractivity contribution in [2.24, 2.45) is 5.41 Å². The van der Waals surface area contributed by atoms with Crippen LogP contribution in [0.1, 0.15) is 31.9 Å². The van der Waals surface area contributed by atoms with Crippen LogP contribution in [0.5, 0.6) is 0 Å². The quantitative estimate of drug-likeness (QED) is 0.869. The minimum absolute atomic E-state index is 0.0154. The van der Waals surface area contributed by atoms with E-state index in [0.717, 1.165) is 24.1 Å². The highest BCUT2D eigenvalue weighted by molar-refractivity contribution is 7.13. The van der Waals surface area contributed by atoms with E-state index in [1.165, 1.54) is 0 Å². The van der Waals surface area contributed by atoms with Crippen LogP contribution in [0.25, 0.3) is 10.8 Å². The minimum atomic E-state index is -0.0849. The number of nitrogens with one attached hydrogen (secondary N) is 1. The standard InChI is InChI=1S/C17H23N3O3S/c1-2-17(12-21)5-7-20(8-6-17)16(22)18-10-13-11-23-15(19-13)14-4-3-9-24-14/h3-4,9,11,21H,2,5-8,10,12H2,1H3,(H,18,22). The summed E-state index contributed by atoms with van der Waals surface area (Å²) < 4.78 is 5.45. The van der Waals surface area contributed by atoms with E-state index in [-0.39, 0.29) is 18.1 Å². The molecule has 0 atom stereocenters. The highest BCUT2D eigenvalue weighted by Crippen LogP contribution is 2.34. The van der Waals surface area contributed by atoms with Crippen LogP contribution in [0.15, 0.2) is 28.2 Å². The number of piperidine rings is 1. The van der Waals surface area contributed by atoms with Crippen molar-refractivity contribution in [2.45, 2.75) is 32.7 Å². The average Bonchev–Trinajstić information content (AvgIpc) is 3.31. The first kappa shape index (κ1) is 17.0. The van der Waals surface area contributed by atoms with Gasteiger partial charge in [-0.2, -0.15) is 0 Å². The molecule has 0 radical (unpaired) electrons. The third-order valence-corrected chi connectivity index (χ3v) is 5.76. The summed E-state index contributed by atoms with van der Waals surface area (Å²) in [7, 11) is 0. The zero-order chi connectivity index (χ0) is 17.0. The van der Waals surface area contributed by atoms with Gasteiger partial charge in [0.05, 0.1) is 17.1 Å². The van der Waals surface area contributed by atoms with Gasteiger partial charge in [0.1, 0.15) is 6.26 Å². The molecule has 2 aromatic rings. The SMILES string of the molecule is CCC1(CO)CCN(C(=O)NCc2coc(-c3cccs3)n2)CC1. The summed E-state index contributed by atoms with van der Waals surface area (Å²) in [6.07, 6.45) is 4.22. The molecule has 0 unspecified atom stereocenters. The van der Waals surface area contributed by atoms with E-state index in [9.17, 15) is 9.90 Å². The molecule has 1 fully saturated rings. The molecule has 1 aliphatic heterocycles. The molecule has 1 aliphatic rings. The van der Waals surface area contributed by atoms with Gasteiger partial charge < -0.3 is 19.7 Å². The van der Waals surface area contributed by atoms with Crippen LogP contribution in [-0.2, 0) is 6.54 Å². The molecule has 7 heteroatoms. The normalized spacial score (nSPS) is 17.0. The fourth-order valence-electron chi connectivity index (χ4n) is 2.99. The molecule has 3 heterocycles. The van der Waals surface area contributed by atoms with Gasteiger partial charge in [-0.25, -0.2) is 9.78 Å². The number of hydrogen-bond donors (Lipinski definition) is 2. The maximum atomic E-state index is 12.3. The lowest BCUT2D eigenvalue weighted by atomic mass is 9.77. The van der Waals surface area contributed by atoms with E-state index in [4.69, 9.17) is 4.42 Å². The van der Waals surface area contributed by atoms with Gasteiger partial charge in [0.25, 0.3) is 0 Å². The lowest BCUT2D eigenvalue weighted by Gasteiger charge is -2.40. The van der Waals surface area contributed by atoms with Crippen LogP contribution in [0, 0.1) is 5.41 Å². The molecule has 2 aromatic heterocycles. The third-order valence-electron chi connectivity index (χ3n) is 4.90. The third kappa shape index (κ3) is 3.62. The fraction of sp³-hybridized carbons (Fsp3) is 0.529. The van der Waals surface area contributed by atoms with E-state index >= 15 is 0 Å². The Hall–Kier alpha value is -1.86. The summed E-state index contributed by atoms with van der Waals surface area (Å²) >= 11 is 1.57. The molecule has 24 heavy (non-hydrogen) atoms. The lowest BCUT2D eigenvalue weighted by molar-refractivity contribution is 0.0519. The van der Waals surface area contributed by atoms with E-state index in [2.05, 4.69) is 17.2 Å². The Morgan fingerprint density at radius 2 is 2.29 bits per heavy atom. The molecule has 2 amide bonds. The number of thiophene rings is 1. The monoisotopic (exact) mass is 349 g/mol. The van der Waals surface area contributed by atoms with Gasteiger partial charge in [-0.3, -0.25) is 0 Å². The molecule has 0 aliphatic carbocycles. The zero-order valence-corrected chi connectivity index (χ0v) is 14.6. The van der Waals surface area contributed by atoms with Crippen molar-refractivity contribution < 1.29 is 14.3 Å². The first-order valence-electron chi connectivity index (χ1n) is 8.28. The highest BCUT2D eigenvalue weighted by atomic mass is 32.1. The predicted molar refractivity (Wildman–Crippen MR) is 92.7 cm³/mol. The smallest absolute Gasteiger partial charge is 0.317 e. The van der Waals surface area contributed by atoms with Crippen molar-refractivity contribution in [1.82, 2.24) is 15.2 Å². The van der Waals surface area contributed by atoms with Crippen LogP contribution in [0.2, 0.25) is 0 Å². The molecule has 0 aromatic carbocycles. The van der Waals surface area contributed by atoms with E-state index < -0.39 is 0 Å². The Labute approximate surface area is 145 Å². The highest BCUT2D eigenvalue weighted by Gasteiger charge is 2.33. The van der Waals surface area contributed by atoms with Crippen molar-refractivity contribution in [3.63, 3.8) is 0 Å². The van der Waals surface area contributed by atoms with Crippen LogP contribution in [0.3, 0.4) is 0 Å². The molecule has 0 spiro atoms. The summed E-state index contributed by atoms with van der Waals surface area (Å²) in [6, 6.07) is 3.82. The summed E-state index contributed by atoms with van der Waals surface area (Å²) in [5.41, 5.74) is 0.695. The van der Waals surface area contributed by atoms with Gasteiger partial charge in [0, 0.05) is 19.7 Å². The van der Waals surface area contributed by atoms with Crippen molar-refractivity contribution in [2.75, 3.05) is 19.7 Å². The second kappa shape index (κ2) is 7.36. The van der Waals surface area contributed by atoms with Crippen LogP contribution in [0.4, 0.5) is 4.79 Å². The number of oxazole rings is 1. The summed E-state index contributed by atoms with van der Waals surface area (Å²) in [5, 5.41) is 14.4. The number of aliphatic hydroxyl groups is 1. The molecule has 3 rings (SSSR count). The number of aromatic nitrogens is 1. The summed E-state index contributed by atoms with van der Waals surface area (Å²) in [6.45, 7) is 4.01. The van der Waals surface area contributed by atoms with Crippen LogP contribution >= 0.6 is 11.3 Å². The number of amides is 2. The Bertz CT molecular complexity index is 654. The van der Waals surface area contributed by atoms with Crippen molar-refractivity contribution in [3.8, 4) is 10.8 Å². The van der Waals surface area contributed by atoms with E-state index in [1.54, 1.807) is 17.6 Å². The molecular weight excluding hydrogens is 326 g/mol. The van der Waals surface area contributed by atoms with Crippen LogP contribution < -0.4 is 5.32 Å². The largest absolute Gasteiger partial charge is 0.443 e. The molecule has 1 saturated heterocycles. The van der Waals surface area contributed by atoms with Crippen LogP contribution in [-0.4, -0.2) is 40.7 Å². The Morgan fingerprint density at radius 1 is 1.50 bits per heavy atom. The van der Waals surface area contributed by atoms with E-state index in [0.29, 0.717) is 31.2 Å². The number of likely N-dealkylation sites (tertiary alicyclic amines) is 1. The molecule has 6 nitrogen and oxygen atoms in total. The number of aliphatic hydroxyl groups excluding tert-OH is 1. The van der Waals surface area contributed by atoms with Gasteiger partial charge in [-0.05, 0) is 36.1 Å². The fourth-order valence-corrected chi connectivity index (χ4v) is 3.64. The number of urea groups is 1. The zero-order valence-electron chi connectivity index (χ0n) is 13.8. The number of rotatable bonds is 5. The molecule has 0 saturated carbocycles. The molecule has 0 bridgehead atoms. The number of nitrogens with zero attached hydrogens (tertiary/aromatic N) is 2. The Morgan fingerprint density at radius 3 is 2.92 bits per heavy atom. The van der Waals surface area contributed by atoms with Gasteiger partial charge in [0.2, 0.25) is 5.89 Å². The predicted octanol–water partition coefficient (Wildman–Crippen LogP) is 3.10. The number of carbonyl (C=O) groups excluding carboxylic acids is 1. The first-order valence-corrected chi connectivity index (χ1v) is 9.16. The Balaban J connectivity index is 1.50. The second-order valence-corrected chi connectivity index (χ2v) is 7.23. The minimum Gasteiger partial charge on any atom is -0.443 e. The summed E-state index contributed by atoms with van der Waals surface area (Å²) in [4.78, 5) is 19.5. The summed E-state index contributed by atoms with van der Waals surface area (Å²) in [5.74, 6) is 0.586. The lowest BCUT2D eigenvalue weighted by Crippen LogP contribution is -2.48. The topological polar surface area (TPSA) is 78.6 Å². The van der Waals surface area contributed by atoms with Crippen molar-refractivity contribution in [3.05, 3.63) is 29.5 Å². The number of carbonyl (C=O) groups is 1. The van der Waals surface area contributed by atoms with Gasteiger partial charge in [-0.1, -0.05) is 13.0 Å². The number of hydrogen-bond acceptors (Lipinski definition) is 5. The van der Waals surface area contributed by atoms with Crippen molar-refractivity contribution in [1.29, 1.82) is 0 Å². The average molecular weight is 349 g/mol.